The van der Waals surface area contributed by atoms with Gasteiger partial charge in [0.25, 0.3) is 0 Å². The molecule has 0 aliphatic carbocycles. The molecule has 0 radical (unpaired) electrons. The van der Waals surface area contributed by atoms with Crippen molar-refractivity contribution >= 4 is 5.69 Å². The standard InChI is InChI=1S/C20H25N3O3/c21-10-16-13-25-19-3-1-2-17(20(19)26-16)18-5-4-15(12-23-18)22-11-14-6-8-24-9-7-14/h1-5,12,14,16,22H,6-11,13,21H2. The second-order valence-corrected chi connectivity index (χ2v) is 6.79. The van der Waals surface area contributed by atoms with E-state index in [0.717, 1.165) is 61.0 Å². The number of aromatic nitrogens is 1. The molecule has 1 unspecified atom stereocenters. The SMILES string of the molecule is NCC1COc2cccc(-c3ccc(NCC4CCOCC4)cn3)c2O1. The van der Waals surface area contributed by atoms with E-state index in [4.69, 9.17) is 19.9 Å². The number of pyridine rings is 1. The van der Waals surface area contributed by atoms with E-state index in [1.165, 1.54) is 0 Å². The number of hydrogen-bond acceptors (Lipinski definition) is 6. The van der Waals surface area contributed by atoms with E-state index in [9.17, 15) is 0 Å². The van der Waals surface area contributed by atoms with Crippen molar-refractivity contribution in [2.45, 2.75) is 18.9 Å². The van der Waals surface area contributed by atoms with Crippen molar-refractivity contribution in [3.05, 3.63) is 36.5 Å². The maximum Gasteiger partial charge on any atom is 0.171 e. The van der Waals surface area contributed by atoms with Crippen molar-refractivity contribution in [3.63, 3.8) is 0 Å². The van der Waals surface area contributed by atoms with Crippen LogP contribution in [0.1, 0.15) is 12.8 Å². The normalized spacial score (nSPS) is 20.0. The van der Waals surface area contributed by atoms with E-state index in [2.05, 4.69) is 16.4 Å². The number of fused-ring (bicyclic) bond motifs is 1. The molecule has 138 valence electrons. The summed E-state index contributed by atoms with van der Waals surface area (Å²) in [7, 11) is 0. The number of nitrogens with two attached hydrogens (primary N) is 1. The van der Waals surface area contributed by atoms with E-state index in [-0.39, 0.29) is 6.10 Å². The molecule has 1 fully saturated rings. The van der Waals surface area contributed by atoms with Crippen molar-refractivity contribution in [2.75, 3.05) is 38.2 Å². The Kier molecular flexibility index (Phi) is 5.22. The smallest absolute Gasteiger partial charge is 0.171 e. The Morgan fingerprint density at radius 2 is 2.04 bits per heavy atom. The Bertz CT molecular complexity index is 730. The summed E-state index contributed by atoms with van der Waals surface area (Å²) in [4.78, 5) is 4.62. The molecule has 3 heterocycles. The van der Waals surface area contributed by atoms with Crippen LogP contribution in [0.4, 0.5) is 5.69 Å². The Balaban J connectivity index is 1.47. The average molecular weight is 355 g/mol. The first kappa shape index (κ1) is 17.1. The molecule has 1 saturated heterocycles. The highest BCUT2D eigenvalue weighted by molar-refractivity contribution is 5.72. The lowest BCUT2D eigenvalue weighted by Gasteiger charge is -2.27. The zero-order valence-electron chi connectivity index (χ0n) is 14.8. The summed E-state index contributed by atoms with van der Waals surface area (Å²) in [6, 6.07) is 9.94. The fourth-order valence-electron chi connectivity index (χ4n) is 3.32. The molecule has 6 heteroatoms. The lowest BCUT2D eigenvalue weighted by molar-refractivity contribution is 0.0699. The number of benzene rings is 1. The monoisotopic (exact) mass is 355 g/mol. The molecule has 1 atom stereocenters. The Labute approximate surface area is 153 Å². The van der Waals surface area contributed by atoms with Crippen LogP contribution >= 0.6 is 0 Å². The van der Waals surface area contributed by atoms with Crippen molar-refractivity contribution in [3.8, 4) is 22.8 Å². The topological polar surface area (TPSA) is 78.6 Å². The van der Waals surface area contributed by atoms with E-state index < -0.39 is 0 Å². The fraction of sp³-hybridized carbons (Fsp3) is 0.450. The Hall–Kier alpha value is -2.31. The van der Waals surface area contributed by atoms with E-state index >= 15 is 0 Å². The number of hydrogen-bond donors (Lipinski definition) is 2. The number of para-hydroxylation sites is 1. The first-order valence-electron chi connectivity index (χ1n) is 9.24. The van der Waals surface area contributed by atoms with Crippen molar-refractivity contribution in [2.24, 2.45) is 11.7 Å². The van der Waals surface area contributed by atoms with Crippen LogP contribution in [-0.2, 0) is 4.74 Å². The van der Waals surface area contributed by atoms with Crippen molar-refractivity contribution in [1.29, 1.82) is 0 Å². The van der Waals surface area contributed by atoms with Crippen LogP contribution in [0.15, 0.2) is 36.5 Å². The molecule has 0 saturated carbocycles. The molecule has 2 aliphatic heterocycles. The third kappa shape index (κ3) is 3.76. The molecular formula is C20H25N3O3. The van der Waals surface area contributed by atoms with Crippen LogP contribution in [-0.4, -0.2) is 44.0 Å². The second kappa shape index (κ2) is 7.93. The van der Waals surface area contributed by atoms with E-state index in [1.807, 2.05) is 30.5 Å². The van der Waals surface area contributed by atoms with Crippen LogP contribution < -0.4 is 20.5 Å². The molecular weight excluding hydrogens is 330 g/mol. The molecule has 26 heavy (non-hydrogen) atoms. The highest BCUT2D eigenvalue weighted by atomic mass is 16.6. The molecule has 6 nitrogen and oxygen atoms in total. The molecule has 2 aromatic rings. The van der Waals surface area contributed by atoms with Gasteiger partial charge in [-0.2, -0.15) is 0 Å². The minimum absolute atomic E-state index is 0.121. The van der Waals surface area contributed by atoms with Crippen LogP contribution in [0.2, 0.25) is 0 Å². The number of anilines is 1. The average Bonchev–Trinajstić information content (AvgIpc) is 2.72. The van der Waals surface area contributed by atoms with Gasteiger partial charge in [0.05, 0.1) is 17.6 Å². The third-order valence-corrected chi connectivity index (χ3v) is 4.93. The summed E-state index contributed by atoms with van der Waals surface area (Å²) in [5.74, 6) is 2.14. The highest BCUT2D eigenvalue weighted by Gasteiger charge is 2.23. The zero-order chi connectivity index (χ0) is 17.8. The van der Waals surface area contributed by atoms with Crippen LogP contribution in [0.5, 0.6) is 11.5 Å². The summed E-state index contributed by atoms with van der Waals surface area (Å²) < 4.78 is 17.2. The summed E-state index contributed by atoms with van der Waals surface area (Å²) in [5, 5.41) is 3.48. The Morgan fingerprint density at radius 1 is 1.15 bits per heavy atom. The van der Waals surface area contributed by atoms with Gasteiger partial charge in [-0.1, -0.05) is 6.07 Å². The minimum Gasteiger partial charge on any atom is -0.486 e. The largest absolute Gasteiger partial charge is 0.486 e. The minimum atomic E-state index is -0.121. The number of ether oxygens (including phenoxy) is 3. The Morgan fingerprint density at radius 3 is 2.81 bits per heavy atom. The number of nitrogens with one attached hydrogen (secondary N) is 1. The number of nitrogens with zero attached hydrogens (tertiary/aromatic N) is 1. The third-order valence-electron chi connectivity index (χ3n) is 4.93. The molecule has 0 bridgehead atoms. The maximum absolute atomic E-state index is 6.01. The van der Waals surface area contributed by atoms with Gasteiger partial charge in [-0.3, -0.25) is 4.98 Å². The molecule has 1 aromatic heterocycles. The van der Waals surface area contributed by atoms with Crippen LogP contribution in [0, 0.1) is 5.92 Å². The van der Waals surface area contributed by atoms with Gasteiger partial charge in [0.15, 0.2) is 11.5 Å². The predicted octanol–water partition coefficient (Wildman–Crippen LogP) is 2.69. The molecule has 0 spiro atoms. The van der Waals surface area contributed by atoms with Gasteiger partial charge in [0.2, 0.25) is 0 Å². The van der Waals surface area contributed by atoms with Gasteiger partial charge < -0.3 is 25.3 Å². The van der Waals surface area contributed by atoms with Gasteiger partial charge in [-0.05, 0) is 43.0 Å². The second-order valence-electron chi connectivity index (χ2n) is 6.79. The molecule has 0 amide bonds. The number of rotatable bonds is 5. The lowest BCUT2D eigenvalue weighted by Crippen LogP contribution is -2.35. The van der Waals surface area contributed by atoms with Crippen molar-refractivity contribution in [1.82, 2.24) is 4.98 Å². The van der Waals surface area contributed by atoms with Crippen molar-refractivity contribution < 1.29 is 14.2 Å². The molecule has 4 rings (SSSR count). The quantitative estimate of drug-likeness (QED) is 0.859. The maximum atomic E-state index is 6.01. The molecule has 2 aliphatic rings. The summed E-state index contributed by atoms with van der Waals surface area (Å²) in [5.41, 5.74) is 8.55. The zero-order valence-corrected chi connectivity index (χ0v) is 14.8. The first-order valence-corrected chi connectivity index (χ1v) is 9.24. The molecule has 1 aromatic carbocycles. The van der Waals surface area contributed by atoms with Gasteiger partial charge in [-0.15, -0.1) is 0 Å². The molecule has 3 N–H and O–H groups in total. The van der Waals surface area contributed by atoms with Crippen LogP contribution in [0.3, 0.4) is 0 Å². The van der Waals surface area contributed by atoms with Gasteiger partial charge >= 0.3 is 0 Å². The highest BCUT2D eigenvalue weighted by Crippen LogP contribution is 2.40. The van der Waals surface area contributed by atoms with E-state index in [1.54, 1.807) is 0 Å². The van der Waals surface area contributed by atoms with Gasteiger partial charge in [0.1, 0.15) is 12.7 Å². The summed E-state index contributed by atoms with van der Waals surface area (Å²) in [6.45, 7) is 3.61. The first-order chi connectivity index (χ1) is 12.8. The lowest BCUT2D eigenvalue weighted by atomic mass is 10.0. The predicted molar refractivity (Wildman–Crippen MR) is 101 cm³/mol. The van der Waals surface area contributed by atoms with E-state index in [0.29, 0.717) is 19.1 Å². The summed E-state index contributed by atoms with van der Waals surface area (Å²) in [6.07, 6.45) is 3.99. The van der Waals surface area contributed by atoms with Gasteiger partial charge in [0, 0.05) is 31.9 Å². The summed E-state index contributed by atoms with van der Waals surface area (Å²) >= 11 is 0. The van der Waals surface area contributed by atoms with Gasteiger partial charge in [-0.25, -0.2) is 0 Å². The van der Waals surface area contributed by atoms with Crippen LogP contribution in [0.25, 0.3) is 11.3 Å². The fourth-order valence-corrected chi connectivity index (χ4v) is 3.32.